The van der Waals surface area contributed by atoms with Crippen molar-refractivity contribution in [3.63, 3.8) is 0 Å². The molecule has 0 radical (unpaired) electrons. The number of nitrogens with two attached hydrogens (primary N) is 1. The molecule has 0 atom stereocenters. The van der Waals surface area contributed by atoms with Crippen molar-refractivity contribution in [1.82, 2.24) is 0 Å². The fourth-order valence-electron chi connectivity index (χ4n) is 1.31. The Kier molecular flexibility index (Phi) is 5.84. The lowest BCUT2D eigenvalue weighted by molar-refractivity contribution is -0.146. The van der Waals surface area contributed by atoms with Crippen molar-refractivity contribution in [2.45, 2.75) is 19.8 Å². The van der Waals surface area contributed by atoms with E-state index < -0.39 is 5.97 Å². The van der Waals surface area contributed by atoms with Crippen LogP contribution in [0, 0.1) is 0 Å². The largest absolute Gasteiger partial charge is 0.493 e. The van der Waals surface area contributed by atoms with Crippen LogP contribution < -0.4 is 15.2 Å². The predicted octanol–water partition coefficient (Wildman–Crippen LogP) is 2.00. The van der Waals surface area contributed by atoms with Gasteiger partial charge in [0, 0.05) is 11.8 Å². The van der Waals surface area contributed by atoms with Gasteiger partial charge in [-0.15, -0.1) is 0 Å². The van der Waals surface area contributed by atoms with E-state index >= 15 is 0 Å². The maximum Gasteiger partial charge on any atom is 0.344 e. The zero-order valence-electron chi connectivity index (χ0n) is 10.8. The van der Waals surface area contributed by atoms with Crippen LogP contribution in [0.3, 0.4) is 0 Å². The van der Waals surface area contributed by atoms with Gasteiger partial charge >= 0.3 is 5.97 Å². The molecular formula is C13H19NO4. The third-order valence-electron chi connectivity index (χ3n) is 2.29. The summed E-state index contributed by atoms with van der Waals surface area (Å²) < 4.78 is 15.4. The highest BCUT2D eigenvalue weighted by Gasteiger charge is 2.08. The quantitative estimate of drug-likeness (QED) is 0.457. The Morgan fingerprint density at radius 2 is 2.11 bits per heavy atom. The molecule has 0 aromatic heterocycles. The summed E-state index contributed by atoms with van der Waals surface area (Å²) >= 11 is 0. The van der Waals surface area contributed by atoms with Crippen LogP contribution in [0.5, 0.6) is 11.5 Å². The summed E-state index contributed by atoms with van der Waals surface area (Å²) in [6, 6.07) is 5.00. The summed E-state index contributed by atoms with van der Waals surface area (Å²) in [6.07, 6.45) is 1.84. The summed E-state index contributed by atoms with van der Waals surface area (Å²) in [5.74, 6) is 0.573. The van der Waals surface area contributed by atoms with E-state index in [0.717, 1.165) is 12.8 Å². The van der Waals surface area contributed by atoms with E-state index in [9.17, 15) is 4.79 Å². The van der Waals surface area contributed by atoms with Crippen LogP contribution >= 0.6 is 0 Å². The van der Waals surface area contributed by atoms with Crippen LogP contribution in [0.2, 0.25) is 0 Å². The molecule has 0 bridgehead atoms. The molecule has 2 N–H and O–H groups in total. The first-order chi connectivity index (χ1) is 8.67. The number of benzene rings is 1. The zero-order valence-corrected chi connectivity index (χ0v) is 10.8. The number of rotatable bonds is 7. The Balaban J connectivity index is 2.47. The highest BCUT2D eigenvalue weighted by molar-refractivity contribution is 5.71. The Bertz CT molecular complexity index is 393. The van der Waals surface area contributed by atoms with Gasteiger partial charge in [0.2, 0.25) is 0 Å². The number of ether oxygens (including phenoxy) is 3. The van der Waals surface area contributed by atoms with E-state index in [0.29, 0.717) is 23.8 Å². The SMILES string of the molecule is CCCCOC(=O)COc1cc(N)ccc1OC. The van der Waals surface area contributed by atoms with Gasteiger partial charge in [-0.1, -0.05) is 13.3 Å². The minimum atomic E-state index is -0.395. The molecule has 0 unspecified atom stereocenters. The van der Waals surface area contributed by atoms with E-state index in [1.807, 2.05) is 6.92 Å². The lowest BCUT2D eigenvalue weighted by Crippen LogP contribution is -2.15. The normalized spacial score (nSPS) is 9.89. The second-order valence-electron chi connectivity index (χ2n) is 3.77. The van der Waals surface area contributed by atoms with Crippen LogP contribution in [-0.2, 0) is 9.53 Å². The number of nitrogen functional groups attached to an aromatic ring is 1. The van der Waals surface area contributed by atoms with Crippen molar-refractivity contribution in [2.24, 2.45) is 0 Å². The third-order valence-corrected chi connectivity index (χ3v) is 2.29. The molecule has 5 heteroatoms. The summed E-state index contributed by atoms with van der Waals surface area (Å²) in [4.78, 5) is 11.4. The molecule has 0 aliphatic heterocycles. The van der Waals surface area contributed by atoms with Gasteiger partial charge in [-0.25, -0.2) is 4.79 Å². The molecule has 1 rings (SSSR count). The van der Waals surface area contributed by atoms with Crippen LogP contribution in [0.4, 0.5) is 5.69 Å². The molecule has 1 aromatic rings. The molecule has 0 amide bonds. The van der Waals surface area contributed by atoms with Crippen LogP contribution in [0.25, 0.3) is 0 Å². The average molecular weight is 253 g/mol. The number of hydrogen-bond donors (Lipinski definition) is 1. The van der Waals surface area contributed by atoms with Crippen molar-refractivity contribution in [3.05, 3.63) is 18.2 Å². The first-order valence-corrected chi connectivity index (χ1v) is 5.89. The molecular weight excluding hydrogens is 234 g/mol. The number of carbonyl (C=O) groups excluding carboxylic acids is 1. The molecule has 0 fully saturated rings. The molecule has 0 aliphatic carbocycles. The monoisotopic (exact) mass is 253 g/mol. The summed E-state index contributed by atoms with van der Waals surface area (Å²) in [6.45, 7) is 2.30. The maximum atomic E-state index is 11.4. The van der Waals surface area contributed by atoms with Crippen LogP contribution in [-0.4, -0.2) is 26.3 Å². The van der Waals surface area contributed by atoms with Crippen molar-refractivity contribution >= 4 is 11.7 Å². The Morgan fingerprint density at radius 3 is 2.78 bits per heavy atom. The van der Waals surface area contributed by atoms with E-state index in [2.05, 4.69) is 0 Å². The molecule has 5 nitrogen and oxygen atoms in total. The highest BCUT2D eigenvalue weighted by Crippen LogP contribution is 2.28. The van der Waals surface area contributed by atoms with Crippen molar-refractivity contribution < 1.29 is 19.0 Å². The molecule has 0 saturated heterocycles. The lowest BCUT2D eigenvalue weighted by atomic mass is 10.3. The van der Waals surface area contributed by atoms with Gasteiger partial charge in [0.05, 0.1) is 13.7 Å². The highest BCUT2D eigenvalue weighted by atomic mass is 16.6. The number of anilines is 1. The van der Waals surface area contributed by atoms with Gasteiger partial charge in [0.15, 0.2) is 18.1 Å². The fraction of sp³-hybridized carbons (Fsp3) is 0.462. The van der Waals surface area contributed by atoms with Gasteiger partial charge in [-0.2, -0.15) is 0 Å². The van der Waals surface area contributed by atoms with E-state index in [1.54, 1.807) is 18.2 Å². The molecule has 0 saturated carbocycles. The maximum absolute atomic E-state index is 11.4. The second kappa shape index (κ2) is 7.42. The van der Waals surface area contributed by atoms with Gasteiger partial charge in [0.25, 0.3) is 0 Å². The number of esters is 1. The van der Waals surface area contributed by atoms with Crippen LogP contribution in [0.15, 0.2) is 18.2 Å². The average Bonchev–Trinajstić information content (AvgIpc) is 2.37. The number of methoxy groups -OCH3 is 1. The minimum Gasteiger partial charge on any atom is -0.493 e. The van der Waals surface area contributed by atoms with Crippen molar-refractivity contribution in [2.75, 3.05) is 26.1 Å². The fourth-order valence-corrected chi connectivity index (χ4v) is 1.31. The Morgan fingerprint density at radius 1 is 1.33 bits per heavy atom. The molecule has 1 aromatic carbocycles. The van der Waals surface area contributed by atoms with Gasteiger partial charge < -0.3 is 19.9 Å². The van der Waals surface area contributed by atoms with Gasteiger partial charge in [-0.3, -0.25) is 0 Å². The van der Waals surface area contributed by atoms with Gasteiger partial charge in [-0.05, 0) is 18.6 Å². The van der Waals surface area contributed by atoms with Crippen molar-refractivity contribution in [3.8, 4) is 11.5 Å². The predicted molar refractivity (Wildman–Crippen MR) is 68.8 cm³/mol. The molecule has 18 heavy (non-hydrogen) atoms. The molecule has 0 heterocycles. The van der Waals surface area contributed by atoms with E-state index in [-0.39, 0.29) is 6.61 Å². The van der Waals surface area contributed by atoms with E-state index in [1.165, 1.54) is 7.11 Å². The standard InChI is InChI=1S/C13H19NO4/c1-3-4-7-17-13(15)9-18-12-8-10(14)5-6-11(12)16-2/h5-6,8H,3-4,7,9,14H2,1-2H3. The number of carbonyl (C=O) groups is 1. The Labute approximate surface area is 107 Å². The van der Waals surface area contributed by atoms with E-state index in [4.69, 9.17) is 19.9 Å². The number of hydrogen-bond acceptors (Lipinski definition) is 5. The first-order valence-electron chi connectivity index (χ1n) is 5.89. The molecule has 100 valence electrons. The topological polar surface area (TPSA) is 70.8 Å². The summed E-state index contributed by atoms with van der Waals surface area (Å²) in [5.41, 5.74) is 6.18. The second-order valence-corrected chi connectivity index (χ2v) is 3.77. The minimum absolute atomic E-state index is 0.149. The molecule has 0 aliphatic rings. The summed E-state index contributed by atoms with van der Waals surface area (Å²) in [7, 11) is 1.53. The third kappa shape index (κ3) is 4.53. The molecule has 0 spiro atoms. The van der Waals surface area contributed by atoms with Crippen LogP contribution in [0.1, 0.15) is 19.8 Å². The smallest absolute Gasteiger partial charge is 0.344 e. The van der Waals surface area contributed by atoms with Gasteiger partial charge in [0.1, 0.15) is 0 Å². The first kappa shape index (κ1) is 14.2. The number of unbranched alkanes of at least 4 members (excludes halogenated alkanes) is 1. The lowest BCUT2D eigenvalue weighted by Gasteiger charge is -2.10. The zero-order chi connectivity index (χ0) is 13.4. The Hall–Kier alpha value is -1.91. The summed E-state index contributed by atoms with van der Waals surface area (Å²) in [5, 5.41) is 0. The van der Waals surface area contributed by atoms with Crippen molar-refractivity contribution in [1.29, 1.82) is 0 Å².